The van der Waals surface area contributed by atoms with E-state index in [0.29, 0.717) is 23.5 Å². The first-order valence-electron chi connectivity index (χ1n) is 10.4. The van der Waals surface area contributed by atoms with Gasteiger partial charge in [-0.3, -0.25) is 4.57 Å². The molecule has 4 rings (SSSR count). The van der Waals surface area contributed by atoms with Crippen LogP contribution in [0.1, 0.15) is 49.3 Å². The molecule has 0 saturated heterocycles. The van der Waals surface area contributed by atoms with Crippen LogP contribution in [0.25, 0.3) is 11.4 Å². The van der Waals surface area contributed by atoms with Crippen molar-refractivity contribution in [2.75, 3.05) is 6.54 Å². The average Bonchev–Trinajstić information content (AvgIpc) is 3.47. The number of phenols is 2. The zero-order valence-corrected chi connectivity index (χ0v) is 17.3. The Bertz CT molecular complexity index is 1020. The van der Waals surface area contributed by atoms with Crippen molar-refractivity contribution in [3.8, 4) is 28.9 Å². The lowest BCUT2D eigenvalue weighted by Crippen LogP contribution is -2.16. The molecule has 0 bridgehead atoms. The first-order chi connectivity index (χ1) is 14.4. The molecular formula is C23H28N4O3. The smallest absolute Gasteiger partial charge is 0.315 e. The number of aromatic nitrogens is 3. The zero-order valence-electron chi connectivity index (χ0n) is 17.3. The lowest BCUT2D eigenvalue weighted by Gasteiger charge is -2.14. The molecule has 1 aliphatic rings. The van der Waals surface area contributed by atoms with Gasteiger partial charge in [0.05, 0.1) is 12.1 Å². The van der Waals surface area contributed by atoms with Crippen LogP contribution in [0.5, 0.6) is 17.5 Å². The van der Waals surface area contributed by atoms with E-state index >= 15 is 0 Å². The summed E-state index contributed by atoms with van der Waals surface area (Å²) in [5.74, 6) is 1.19. The van der Waals surface area contributed by atoms with E-state index in [4.69, 9.17) is 0 Å². The molecule has 7 nitrogen and oxygen atoms in total. The minimum atomic E-state index is -0.223. The Labute approximate surface area is 176 Å². The van der Waals surface area contributed by atoms with E-state index in [0.717, 1.165) is 24.6 Å². The number of hydrogen-bond donors (Lipinski definition) is 4. The van der Waals surface area contributed by atoms with Crippen LogP contribution in [0.15, 0.2) is 36.4 Å². The summed E-state index contributed by atoms with van der Waals surface area (Å²) in [5, 5.41) is 42.1. The number of phenolic OH excluding ortho intramolecular Hbond substituents is 2. The van der Waals surface area contributed by atoms with Gasteiger partial charge in [-0.05, 0) is 54.0 Å². The van der Waals surface area contributed by atoms with Crippen LogP contribution in [0.2, 0.25) is 0 Å². The molecule has 30 heavy (non-hydrogen) atoms. The molecule has 1 aliphatic carbocycles. The molecule has 0 atom stereocenters. The van der Waals surface area contributed by atoms with Crippen LogP contribution in [-0.4, -0.2) is 36.6 Å². The maximum absolute atomic E-state index is 10.4. The van der Waals surface area contributed by atoms with Crippen LogP contribution in [0.4, 0.5) is 0 Å². The number of hydrogen-bond acceptors (Lipinski definition) is 6. The standard InChI is InChI=1S/C23H28N4O3/c1-14(2)18-9-19(21(29)10-20(18)28)22-25-26-23(30)27(22)13-17-7-5-16(6-8-17)12-24-11-15-3-4-15/h5-10,14-15,24,28-29H,3-4,11-13H2,1-2H3,(H,26,30). The molecule has 0 unspecified atom stereocenters. The Kier molecular flexibility index (Phi) is 5.63. The van der Waals surface area contributed by atoms with E-state index < -0.39 is 0 Å². The Morgan fingerprint density at radius 3 is 2.37 bits per heavy atom. The van der Waals surface area contributed by atoms with Crippen molar-refractivity contribution < 1.29 is 15.3 Å². The third-order valence-electron chi connectivity index (χ3n) is 5.56. The molecule has 7 heteroatoms. The Morgan fingerprint density at radius 2 is 1.70 bits per heavy atom. The largest absolute Gasteiger partial charge is 0.508 e. The lowest BCUT2D eigenvalue weighted by atomic mass is 9.98. The summed E-state index contributed by atoms with van der Waals surface area (Å²) in [4.78, 5) is 0. The van der Waals surface area contributed by atoms with Crippen LogP contribution < -0.4 is 5.32 Å². The highest BCUT2D eigenvalue weighted by atomic mass is 16.3. The van der Waals surface area contributed by atoms with Gasteiger partial charge in [-0.25, -0.2) is 0 Å². The predicted molar refractivity (Wildman–Crippen MR) is 115 cm³/mol. The van der Waals surface area contributed by atoms with Gasteiger partial charge in [-0.15, -0.1) is 5.10 Å². The first-order valence-corrected chi connectivity index (χ1v) is 10.4. The van der Waals surface area contributed by atoms with Gasteiger partial charge in [0.2, 0.25) is 0 Å². The van der Waals surface area contributed by atoms with Crippen molar-refractivity contribution in [3.05, 3.63) is 53.1 Å². The fourth-order valence-corrected chi connectivity index (χ4v) is 3.56. The topological polar surface area (TPSA) is 103 Å². The van der Waals surface area contributed by atoms with Crippen LogP contribution >= 0.6 is 0 Å². The van der Waals surface area contributed by atoms with Gasteiger partial charge < -0.3 is 20.6 Å². The highest BCUT2D eigenvalue weighted by Crippen LogP contribution is 2.38. The van der Waals surface area contributed by atoms with Gasteiger partial charge in [-0.1, -0.05) is 43.2 Å². The van der Waals surface area contributed by atoms with E-state index in [1.165, 1.54) is 24.5 Å². The van der Waals surface area contributed by atoms with E-state index in [1.54, 1.807) is 10.6 Å². The maximum Gasteiger partial charge on any atom is 0.315 e. The minimum absolute atomic E-state index is 0.0346. The number of aromatic hydroxyl groups is 3. The molecule has 1 aromatic heterocycles. The molecule has 1 heterocycles. The number of benzene rings is 2. The van der Waals surface area contributed by atoms with Gasteiger partial charge >= 0.3 is 6.01 Å². The minimum Gasteiger partial charge on any atom is -0.508 e. The van der Waals surface area contributed by atoms with Crippen molar-refractivity contribution in [2.45, 2.75) is 45.7 Å². The molecule has 0 amide bonds. The van der Waals surface area contributed by atoms with E-state index in [2.05, 4.69) is 27.6 Å². The molecule has 0 aliphatic heterocycles. The number of nitrogens with zero attached hydrogens (tertiary/aromatic N) is 3. The highest BCUT2D eigenvalue weighted by molar-refractivity contribution is 5.68. The number of nitrogens with one attached hydrogen (secondary N) is 1. The molecule has 4 N–H and O–H groups in total. The summed E-state index contributed by atoms with van der Waals surface area (Å²) in [5.41, 5.74) is 3.31. The van der Waals surface area contributed by atoms with E-state index in [-0.39, 0.29) is 23.4 Å². The summed E-state index contributed by atoms with van der Waals surface area (Å²) in [6, 6.07) is 11.0. The van der Waals surface area contributed by atoms with Crippen molar-refractivity contribution in [3.63, 3.8) is 0 Å². The summed E-state index contributed by atoms with van der Waals surface area (Å²) in [7, 11) is 0. The van der Waals surface area contributed by atoms with Crippen molar-refractivity contribution in [1.29, 1.82) is 0 Å². The summed E-state index contributed by atoms with van der Waals surface area (Å²) in [6.07, 6.45) is 2.68. The van der Waals surface area contributed by atoms with Crippen LogP contribution in [0.3, 0.4) is 0 Å². The fraction of sp³-hybridized carbons (Fsp3) is 0.391. The molecular weight excluding hydrogens is 380 g/mol. The van der Waals surface area contributed by atoms with E-state index in [9.17, 15) is 15.3 Å². The van der Waals surface area contributed by atoms with Gasteiger partial charge in [0.1, 0.15) is 11.5 Å². The molecule has 0 spiro atoms. The lowest BCUT2D eigenvalue weighted by molar-refractivity contribution is 0.404. The molecule has 2 aromatic carbocycles. The number of rotatable bonds is 8. The van der Waals surface area contributed by atoms with Crippen molar-refractivity contribution >= 4 is 0 Å². The quantitative estimate of drug-likeness (QED) is 0.453. The average molecular weight is 409 g/mol. The second-order valence-electron chi connectivity index (χ2n) is 8.38. The highest BCUT2D eigenvalue weighted by Gasteiger charge is 2.21. The van der Waals surface area contributed by atoms with Gasteiger partial charge in [0.25, 0.3) is 0 Å². The third-order valence-corrected chi connectivity index (χ3v) is 5.56. The SMILES string of the molecule is CC(C)c1cc(-c2nnc(O)n2Cc2ccc(CNCC3CC3)cc2)c(O)cc1O. The van der Waals surface area contributed by atoms with Gasteiger partial charge in [0, 0.05) is 12.6 Å². The fourth-order valence-electron chi connectivity index (χ4n) is 3.56. The Morgan fingerprint density at radius 1 is 1.00 bits per heavy atom. The summed E-state index contributed by atoms with van der Waals surface area (Å²) >= 11 is 0. The normalized spacial score (nSPS) is 13.8. The summed E-state index contributed by atoms with van der Waals surface area (Å²) < 4.78 is 1.55. The second kappa shape index (κ2) is 8.36. The van der Waals surface area contributed by atoms with Gasteiger partial charge in [-0.2, -0.15) is 0 Å². The third kappa shape index (κ3) is 4.41. The summed E-state index contributed by atoms with van der Waals surface area (Å²) in [6.45, 7) is 6.20. The molecule has 3 aromatic rings. The predicted octanol–water partition coefficient (Wildman–Crippen LogP) is 3.73. The van der Waals surface area contributed by atoms with Crippen molar-refractivity contribution in [2.24, 2.45) is 5.92 Å². The second-order valence-corrected chi connectivity index (χ2v) is 8.38. The Hall–Kier alpha value is -3.06. The van der Waals surface area contributed by atoms with E-state index in [1.807, 2.05) is 26.0 Å². The Balaban J connectivity index is 1.55. The monoisotopic (exact) mass is 408 g/mol. The van der Waals surface area contributed by atoms with Crippen LogP contribution in [0, 0.1) is 5.92 Å². The molecule has 1 fully saturated rings. The van der Waals surface area contributed by atoms with Crippen LogP contribution in [-0.2, 0) is 13.1 Å². The maximum atomic E-state index is 10.4. The van der Waals surface area contributed by atoms with Gasteiger partial charge in [0.15, 0.2) is 5.82 Å². The molecule has 0 radical (unpaired) electrons. The zero-order chi connectivity index (χ0) is 21.3. The molecule has 1 saturated carbocycles. The van der Waals surface area contributed by atoms with Crippen molar-refractivity contribution in [1.82, 2.24) is 20.1 Å². The first kappa shape index (κ1) is 20.2. The molecule has 158 valence electrons.